The molecule has 0 heterocycles. The van der Waals surface area contributed by atoms with Gasteiger partial charge in [-0.05, 0) is 64.2 Å². The van der Waals surface area contributed by atoms with Gasteiger partial charge in [0.1, 0.15) is 11.6 Å². The topological polar surface area (TPSA) is 20.2 Å². The van der Waals surface area contributed by atoms with E-state index in [0.717, 1.165) is 15.6 Å². The van der Waals surface area contributed by atoms with Gasteiger partial charge in [-0.2, -0.15) is 0 Å². The van der Waals surface area contributed by atoms with E-state index >= 15 is 0 Å². The third-order valence-electron chi connectivity index (χ3n) is 3.97. The number of hydrogen-bond acceptors (Lipinski definition) is 1. The summed E-state index contributed by atoms with van der Waals surface area (Å²) in [4.78, 5) is 0. The first kappa shape index (κ1) is 15.1. The Kier molecular flexibility index (Phi) is 3.93. The van der Waals surface area contributed by atoms with E-state index in [-0.39, 0.29) is 16.5 Å². The fourth-order valence-corrected chi connectivity index (χ4v) is 3.65. The fraction of sp³-hybridized carbons (Fsp3) is 0.250. The third-order valence-corrected chi connectivity index (χ3v) is 5.07. The van der Waals surface area contributed by atoms with E-state index in [4.69, 9.17) is 0 Å². The van der Waals surface area contributed by atoms with Crippen LogP contribution in [0.2, 0.25) is 0 Å². The Balaban J connectivity index is 2.08. The molecule has 0 saturated carbocycles. The minimum absolute atomic E-state index is 0.161. The van der Waals surface area contributed by atoms with Gasteiger partial charge in [-0.15, -0.1) is 0 Å². The Morgan fingerprint density at radius 1 is 1.05 bits per heavy atom. The summed E-state index contributed by atoms with van der Waals surface area (Å²) in [6.45, 7) is 0. The van der Waals surface area contributed by atoms with Gasteiger partial charge in [-0.25, -0.2) is 8.78 Å². The molecule has 0 radical (unpaired) electrons. The number of fused-ring (bicyclic) bond motifs is 1. The second-order valence-electron chi connectivity index (χ2n) is 5.34. The van der Waals surface area contributed by atoms with Crippen molar-refractivity contribution in [2.24, 2.45) is 0 Å². The maximum atomic E-state index is 14.3. The Labute approximate surface area is 138 Å². The normalized spacial score (nSPS) is 21.2. The van der Waals surface area contributed by atoms with Crippen LogP contribution >= 0.6 is 31.9 Å². The lowest BCUT2D eigenvalue weighted by Gasteiger charge is -2.34. The van der Waals surface area contributed by atoms with Crippen LogP contribution in [0.4, 0.5) is 8.78 Å². The van der Waals surface area contributed by atoms with Crippen molar-refractivity contribution in [3.8, 4) is 0 Å². The third kappa shape index (κ3) is 2.67. The monoisotopic (exact) mass is 416 g/mol. The van der Waals surface area contributed by atoms with Crippen LogP contribution in [0.1, 0.15) is 23.1 Å². The number of rotatable bonds is 1. The predicted molar refractivity (Wildman–Crippen MR) is 84.1 cm³/mol. The molecule has 0 aliphatic heterocycles. The van der Waals surface area contributed by atoms with Crippen molar-refractivity contribution < 1.29 is 13.9 Å². The molecule has 1 nitrogen and oxygen atoms in total. The van der Waals surface area contributed by atoms with Crippen molar-refractivity contribution in [3.05, 3.63) is 67.6 Å². The lowest BCUT2D eigenvalue weighted by Crippen LogP contribution is -2.35. The van der Waals surface area contributed by atoms with E-state index in [1.807, 2.05) is 18.2 Å². The van der Waals surface area contributed by atoms with Gasteiger partial charge in [0.15, 0.2) is 0 Å². The molecule has 1 unspecified atom stereocenters. The summed E-state index contributed by atoms with van der Waals surface area (Å²) in [6.07, 6.45) is 1.08. The molecule has 0 saturated heterocycles. The molecule has 21 heavy (non-hydrogen) atoms. The van der Waals surface area contributed by atoms with Gasteiger partial charge in [0.25, 0.3) is 0 Å². The molecule has 3 rings (SSSR count). The van der Waals surface area contributed by atoms with E-state index in [2.05, 4.69) is 31.9 Å². The molecule has 0 fully saturated rings. The van der Waals surface area contributed by atoms with Gasteiger partial charge in [-0.1, -0.05) is 22.0 Å². The lowest BCUT2D eigenvalue weighted by molar-refractivity contribution is 0.0151. The Morgan fingerprint density at radius 3 is 2.57 bits per heavy atom. The summed E-state index contributed by atoms with van der Waals surface area (Å²) in [6, 6.07) is 8.24. The van der Waals surface area contributed by atoms with Crippen molar-refractivity contribution in [2.45, 2.75) is 24.9 Å². The van der Waals surface area contributed by atoms with Crippen molar-refractivity contribution in [1.29, 1.82) is 0 Å². The van der Waals surface area contributed by atoms with Gasteiger partial charge in [0, 0.05) is 10.9 Å². The molecule has 2 aromatic rings. The molecule has 1 aliphatic rings. The standard InChI is InChI=1S/C16H12Br2F2O/c17-11-2-1-10-8-16(21,6-5-9(10)7-11)14-13(19)4-3-12(18)15(14)20/h1-4,7,21H,5-6,8H2. The molecule has 110 valence electrons. The highest BCUT2D eigenvalue weighted by molar-refractivity contribution is 9.10. The number of halogens is 4. The van der Waals surface area contributed by atoms with Crippen LogP contribution in [-0.4, -0.2) is 5.11 Å². The molecule has 1 N–H and O–H groups in total. The Hall–Kier alpha value is -0.780. The quantitative estimate of drug-likeness (QED) is 0.656. The Bertz CT molecular complexity index is 718. The molecular formula is C16H12Br2F2O. The van der Waals surface area contributed by atoms with Crippen molar-refractivity contribution >= 4 is 31.9 Å². The highest BCUT2D eigenvalue weighted by atomic mass is 79.9. The van der Waals surface area contributed by atoms with Crippen molar-refractivity contribution in [2.75, 3.05) is 0 Å². The smallest absolute Gasteiger partial charge is 0.146 e. The molecule has 0 bridgehead atoms. The van der Waals surface area contributed by atoms with E-state index in [9.17, 15) is 13.9 Å². The largest absolute Gasteiger partial charge is 0.385 e. The van der Waals surface area contributed by atoms with Crippen molar-refractivity contribution in [1.82, 2.24) is 0 Å². The zero-order valence-electron chi connectivity index (χ0n) is 11.0. The molecule has 0 spiro atoms. The van der Waals surface area contributed by atoms with Crippen LogP contribution < -0.4 is 0 Å². The first-order chi connectivity index (χ1) is 9.90. The maximum Gasteiger partial charge on any atom is 0.146 e. The van der Waals surface area contributed by atoms with E-state index in [1.165, 1.54) is 12.1 Å². The number of aliphatic hydroxyl groups is 1. The number of benzene rings is 2. The SMILES string of the molecule is OC1(c2c(F)ccc(Br)c2F)CCc2cc(Br)ccc2C1. The highest BCUT2D eigenvalue weighted by Crippen LogP contribution is 2.40. The molecule has 1 aliphatic carbocycles. The van der Waals surface area contributed by atoms with Gasteiger partial charge < -0.3 is 5.11 Å². The summed E-state index contributed by atoms with van der Waals surface area (Å²) >= 11 is 6.46. The summed E-state index contributed by atoms with van der Waals surface area (Å²) in [5.41, 5.74) is 0.264. The average Bonchev–Trinajstić information content (AvgIpc) is 2.44. The predicted octanol–water partition coefficient (Wildman–Crippen LogP) is 4.87. The van der Waals surface area contributed by atoms with Crippen LogP contribution in [0, 0.1) is 11.6 Å². The summed E-state index contributed by atoms with van der Waals surface area (Å²) in [7, 11) is 0. The zero-order valence-corrected chi connectivity index (χ0v) is 14.1. The second kappa shape index (κ2) is 5.45. The Morgan fingerprint density at radius 2 is 1.81 bits per heavy atom. The van der Waals surface area contributed by atoms with E-state index < -0.39 is 17.2 Å². The van der Waals surface area contributed by atoms with E-state index in [1.54, 1.807) is 0 Å². The van der Waals surface area contributed by atoms with Crippen LogP contribution in [0.15, 0.2) is 39.3 Å². The highest BCUT2D eigenvalue weighted by Gasteiger charge is 2.39. The summed E-state index contributed by atoms with van der Waals surface area (Å²) in [5, 5.41) is 10.8. The molecule has 2 aromatic carbocycles. The summed E-state index contributed by atoms with van der Waals surface area (Å²) in [5.74, 6) is -1.43. The van der Waals surface area contributed by atoms with Crippen LogP contribution in [0.5, 0.6) is 0 Å². The van der Waals surface area contributed by atoms with Crippen LogP contribution in [0.25, 0.3) is 0 Å². The zero-order chi connectivity index (χ0) is 15.2. The fourth-order valence-electron chi connectivity index (χ4n) is 2.91. The number of aryl methyl sites for hydroxylation is 1. The summed E-state index contributed by atoms with van der Waals surface area (Å²) < 4.78 is 29.5. The van der Waals surface area contributed by atoms with Crippen LogP contribution in [0.3, 0.4) is 0 Å². The van der Waals surface area contributed by atoms with Gasteiger partial charge in [0.2, 0.25) is 0 Å². The van der Waals surface area contributed by atoms with Gasteiger partial charge >= 0.3 is 0 Å². The first-order valence-electron chi connectivity index (χ1n) is 6.54. The molecule has 0 aromatic heterocycles. The number of hydrogen-bond donors (Lipinski definition) is 1. The minimum atomic E-state index is -1.52. The molecule has 1 atom stereocenters. The van der Waals surface area contributed by atoms with Gasteiger partial charge in [0.05, 0.1) is 15.6 Å². The lowest BCUT2D eigenvalue weighted by atomic mass is 9.76. The first-order valence-corrected chi connectivity index (χ1v) is 8.13. The van der Waals surface area contributed by atoms with E-state index in [0.29, 0.717) is 12.8 Å². The van der Waals surface area contributed by atoms with Gasteiger partial charge in [-0.3, -0.25) is 0 Å². The maximum absolute atomic E-state index is 14.3. The molecule has 5 heteroatoms. The minimum Gasteiger partial charge on any atom is -0.385 e. The second-order valence-corrected chi connectivity index (χ2v) is 7.11. The van der Waals surface area contributed by atoms with Crippen LogP contribution in [-0.2, 0) is 18.4 Å². The molecule has 0 amide bonds. The molecular weight excluding hydrogens is 406 g/mol. The van der Waals surface area contributed by atoms with Crippen molar-refractivity contribution in [3.63, 3.8) is 0 Å². The average molecular weight is 418 g/mol.